The lowest BCUT2D eigenvalue weighted by Gasteiger charge is -2.34. The third-order valence-corrected chi connectivity index (χ3v) is 18.4. The first kappa shape index (κ1) is 40.0. The number of para-hydroxylation sites is 2. The van der Waals surface area contributed by atoms with Gasteiger partial charge < -0.3 is 9.47 Å². The predicted octanol–water partition coefficient (Wildman–Crippen LogP) is 14.1. The number of hydrogen-bond donors (Lipinski definition) is 0. The molecule has 0 atom stereocenters. The van der Waals surface area contributed by atoms with Crippen LogP contribution in [0.3, 0.4) is 0 Å². The van der Waals surface area contributed by atoms with Crippen molar-refractivity contribution in [3.05, 3.63) is 279 Å². The molecule has 0 amide bonds. The largest absolute Gasteiger partial charge is 0.310 e. The second kappa shape index (κ2) is 17.1. The van der Waals surface area contributed by atoms with Crippen LogP contribution in [-0.2, 0) is 0 Å². The van der Waals surface area contributed by atoms with Gasteiger partial charge in [0.05, 0.1) is 16.7 Å². The lowest BCUT2D eigenvalue weighted by atomic mass is 9.98. The molecule has 12 aromatic rings. The lowest BCUT2D eigenvalue weighted by molar-refractivity contribution is 1.18. The van der Waals surface area contributed by atoms with Gasteiger partial charge >= 0.3 is 0 Å². The Bertz CT molecular complexity index is 3540. The van der Waals surface area contributed by atoms with E-state index in [1.165, 1.54) is 75.6 Å². The van der Waals surface area contributed by atoms with Gasteiger partial charge in [-0.3, -0.25) is 0 Å². The molecule has 0 spiro atoms. The van der Waals surface area contributed by atoms with Crippen LogP contribution in [0.2, 0.25) is 0 Å². The lowest BCUT2D eigenvalue weighted by Crippen LogP contribution is -2.74. The van der Waals surface area contributed by atoms with Gasteiger partial charge in [0.2, 0.25) is 0 Å². The Morgan fingerprint density at radius 2 is 0.731 bits per heavy atom. The highest BCUT2D eigenvalue weighted by Crippen LogP contribution is 2.44. The average molecular weight is 871 g/mol. The van der Waals surface area contributed by atoms with Crippen LogP contribution in [0.1, 0.15) is 0 Å². The second-order valence-electron chi connectivity index (χ2n) is 17.2. The standard InChI is InChI=1S/C64H46N2Si/c1-5-21-51(22-6-1)66-61-32-16-15-30-60(61)64-62(33-18-34-63(64)66)65(53-43-37-50(38-44-53)59-31-17-20-49-19-13-14-29-58(49)59)52-41-35-47(36-42-52)48-39-45-57(46-40-48)67(54-23-7-2-8-24-54,55-25-9-3-10-26-55)56-27-11-4-12-28-56/h1-46H. The molecular weight excluding hydrogens is 825 g/mol. The van der Waals surface area contributed by atoms with E-state index in [1.807, 2.05) is 0 Å². The van der Waals surface area contributed by atoms with Crippen molar-refractivity contribution in [2.75, 3.05) is 4.90 Å². The molecule has 0 saturated heterocycles. The van der Waals surface area contributed by atoms with E-state index >= 15 is 0 Å². The molecule has 0 unspecified atom stereocenters. The molecule has 0 N–H and O–H groups in total. The summed E-state index contributed by atoms with van der Waals surface area (Å²) in [7, 11) is -2.63. The van der Waals surface area contributed by atoms with Crippen molar-refractivity contribution < 1.29 is 0 Å². The first-order valence-corrected chi connectivity index (χ1v) is 25.1. The number of rotatable bonds is 10. The molecule has 0 bridgehead atoms. The molecule has 0 aliphatic heterocycles. The van der Waals surface area contributed by atoms with Gasteiger partial charge in [-0.05, 0) is 108 Å². The minimum atomic E-state index is -2.63. The normalized spacial score (nSPS) is 11.6. The fraction of sp³-hybridized carbons (Fsp3) is 0. The van der Waals surface area contributed by atoms with Crippen LogP contribution in [0.15, 0.2) is 279 Å². The van der Waals surface area contributed by atoms with E-state index in [0.717, 1.165) is 22.7 Å². The minimum absolute atomic E-state index is 1.09. The van der Waals surface area contributed by atoms with E-state index < -0.39 is 8.07 Å². The van der Waals surface area contributed by atoms with Crippen LogP contribution in [0.4, 0.5) is 17.1 Å². The summed E-state index contributed by atoms with van der Waals surface area (Å²) in [6.45, 7) is 0. The van der Waals surface area contributed by atoms with E-state index in [4.69, 9.17) is 0 Å². The van der Waals surface area contributed by atoms with Crippen molar-refractivity contribution in [1.29, 1.82) is 0 Å². The summed E-state index contributed by atoms with van der Waals surface area (Å²) in [6.07, 6.45) is 0. The van der Waals surface area contributed by atoms with Gasteiger partial charge in [-0.2, -0.15) is 0 Å². The molecule has 2 nitrogen and oxygen atoms in total. The van der Waals surface area contributed by atoms with E-state index in [9.17, 15) is 0 Å². The van der Waals surface area contributed by atoms with Crippen molar-refractivity contribution in [2.45, 2.75) is 0 Å². The Labute approximate surface area is 392 Å². The molecule has 316 valence electrons. The predicted molar refractivity (Wildman–Crippen MR) is 287 cm³/mol. The van der Waals surface area contributed by atoms with Crippen LogP contribution in [0, 0.1) is 0 Å². The molecule has 12 rings (SSSR count). The van der Waals surface area contributed by atoms with Crippen LogP contribution >= 0.6 is 0 Å². The molecule has 1 heterocycles. The van der Waals surface area contributed by atoms with Gasteiger partial charge in [-0.1, -0.05) is 224 Å². The highest BCUT2D eigenvalue weighted by Gasteiger charge is 2.41. The maximum absolute atomic E-state index is 2.63. The molecule has 0 aliphatic rings. The number of aromatic nitrogens is 1. The third-order valence-electron chi connectivity index (χ3n) is 13.6. The van der Waals surface area contributed by atoms with E-state index in [1.54, 1.807) is 0 Å². The minimum Gasteiger partial charge on any atom is -0.310 e. The molecule has 67 heavy (non-hydrogen) atoms. The van der Waals surface area contributed by atoms with Crippen molar-refractivity contribution >= 4 is 78.5 Å². The number of benzene rings is 11. The summed E-state index contributed by atoms with van der Waals surface area (Å²) in [5, 5.41) is 10.4. The van der Waals surface area contributed by atoms with Crippen LogP contribution in [0.25, 0.3) is 60.5 Å². The third kappa shape index (κ3) is 6.96. The highest BCUT2D eigenvalue weighted by atomic mass is 28.3. The molecule has 0 fully saturated rings. The van der Waals surface area contributed by atoms with Crippen molar-refractivity contribution in [3.8, 4) is 27.9 Å². The molecular formula is C64H46N2Si. The zero-order valence-electron chi connectivity index (χ0n) is 37.0. The van der Waals surface area contributed by atoms with Crippen molar-refractivity contribution in [1.82, 2.24) is 4.57 Å². The fourth-order valence-corrected chi connectivity index (χ4v) is 15.3. The fourth-order valence-electron chi connectivity index (χ4n) is 10.5. The number of fused-ring (bicyclic) bond motifs is 4. The Morgan fingerprint density at radius 1 is 0.299 bits per heavy atom. The summed E-state index contributed by atoms with van der Waals surface area (Å²) in [5.74, 6) is 0. The van der Waals surface area contributed by atoms with Gasteiger partial charge in [0.25, 0.3) is 0 Å². The number of anilines is 3. The maximum Gasteiger partial charge on any atom is 0.179 e. The van der Waals surface area contributed by atoms with Crippen LogP contribution in [0.5, 0.6) is 0 Å². The van der Waals surface area contributed by atoms with E-state index in [2.05, 4.69) is 289 Å². The Morgan fingerprint density at radius 3 is 1.33 bits per heavy atom. The zero-order chi connectivity index (χ0) is 44.6. The number of nitrogens with zero attached hydrogens (tertiary/aromatic N) is 2. The number of hydrogen-bond acceptors (Lipinski definition) is 1. The molecule has 0 aliphatic carbocycles. The summed E-state index contributed by atoms with van der Waals surface area (Å²) in [4.78, 5) is 2.43. The second-order valence-corrected chi connectivity index (χ2v) is 21.1. The van der Waals surface area contributed by atoms with Gasteiger partial charge in [0.1, 0.15) is 0 Å². The van der Waals surface area contributed by atoms with E-state index in [-0.39, 0.29) is 0 Å². The first-order valence-electron chi connectivity index (χ1n) is 23.1. The molecule has 1 aromatic heterocycles. The molecule has 11 aromatic carbocycles. The van der Waals surface area contributed by atoms with Crippen LogP contribution in [-0.4, -0.2) is 12.6 Å². The van der Waals surface area contributed by atoms with Crippen LogP contribution < -0.4 is 25.6 Å². The smallest absolute Gasteiger partial charge is 0.179 e. The van der Waals surface area contributed by atoms with Gasteiger partial charge in [0, 0.05) is 27.8 Å². The summed E-state index contributed by atoms with van der Waals surface area (Å²) >= 11 is 0. The SMILES string of the molecule is c1ccc(-n2c3ccccc3c3c(N(c4ccc(-c5ccc([Si](c6ccccc6)(c6ccccc6)c6ccccc6)cc5)cc4)c4ccc(-c5cccc6ccccc56)cc4)cccc32)cc1. The average Bonchev–Trinajstić information content (AvgIpc) is 3.76. The summed E-state index contributed by atoms with van der Waals surface area (Å²) in [6, 6.07) is 103. The Balaban J connectivity index is 0.986. The Hall–Kier alpha value is -8.50. The highest BCUT2D eigenvalue weighted by molar-refractivity contribution is 7.19. The van der Waals surface area contributed by atoms with Gasteiger partial charge in [-0.25, -0.2) is 0 Å². The zero-order valence-corrected chi connectivity index (χ0v) is 38.0. The van der Waals surface area contributed by atoms with Crippen molar-refractivity contribution in [3.63, 3.8) is 0 Å². The quantitative estimate of drug-likeness (QED) is 0.0982. The van der Waals surface area contributed by atoms with E-state index in [0.29, 0.717) is 0 Å². The first-order chi connectivity index (χ1) is 33.3. The summed E-state index contributed by atoms with van der Waals surface area (Å²) < 4.78 is 2.40. The maximum atomic E-state index is 2.43. The van der Waals surface area contributed by atoms with Gasteiger partial charge in [0.15, 0.2) is 8.07 Å². The van der Waals surface area contributed by atoms with Gasteiger partial charge in [-0.15, -0.1) is 0 Å². The molecule has 0 radical (unpaired) electrons. The van der Waals surface area contributed by atoms with Crippen molar-refractivity contribution in [2.24, 2.45) is 0 Å². The summed E-state index contributed by atoms with van der Waals surface area (Å²) in [5.41, 5.74) is 11.6. The topological polar surface area (TPSA) is 8.17 Å². The monoisotopic (exact) mass is 870 g/mol. The molecule has 3 heteroatoms. The molecule has 0 saturated carbocycles. The Kier molecular flexibility index (Phi) is 10.2.